The molecule has 0 unspecified atom stereocenters. The van der Waals surface area contributed by atoms with Crippen LogP contribution in [0.4, 0.5) is 5.69 Å². The van der Waals surface area contributed by atoms with Crippen molar-refractivity contribution in [1.82, 2.24) is 9.62 Å². The normalized spacial score (nSPS) is 14.2. The van der Waals surface area contributed by atoms with Gasteiger partial charge in [-0.3, -0.25) is 9.10 Å². The molecular formula is C27H30ClN3O6S2. The highest BCUT2D eigenvalue weighted by Crippen LogP contribution is 2.26. The number of halogens is 1. The maximum absolute atomic E-state index is 13.4. The van der Waals surface area contributed by atoms with E-state index in [1.54, 1.807) is 30.3 Å². The lowest BCUT2D eigenvalue weighted by Crippen LogP contribution is -2.42. The smallest absolute Gasteiger partial charge is 0.264 e. The number of rotatable bonds is 11. The fraction of sp³-hybridized carbons (Fsp3) is 0.296. The Kier molecular flexibility index (Phi) is 9.16. The first-order valence-corrected chi connectivity index (χ1v) is 15.7. The molecular weight excluding hydrogens is 562 g/mol. The Labute approximate surface area is 234 Å². The number of aryl methyl sites for hydroxylation is 1. The topological polar surface area (TPSA) is 113 Å². The maximum Gasteiger partial charge on any atom is 0.264 e. The van der Waals surface area contributed by atoms with Crippen LogP contribution in [0.3, 0.4) is 0 Å². The van der Waals surface area contributed by atoms with Gasteiger partial charge in [0.2, 0.25) is 15.9 Å². The zero-order valence-electron chi connectivity index (χ0n) is 21.4. The monoisotopic (exact) mass is 591 g/mol. The number of hydrogen-bond acceptors (Lipinski definition) is 6. The van der Waals surface area contributed by atoms with Crippen molar-refractivity contribution in [3.63, 3.8) is 0 Å². The van der Waals surface area contributed by atoms with Gasteiger partial charge in [-0.1, -0.05) is 23.7 Å². The minimum Gasteiger partial charge on any atom is -0.492 e. The predicted molar refractivity (Wildman–Crippen MR) is 150 cm³/mol. The minimum atomic E-state index is -4.05. The highest BCUT2D eigenvalue weighted by molar-refractivity contribution is 7.92. The molecule has 12 heteroatoms. The Morgan fingerprint density at radius 3 is 2.23 bits per heavy atom. The van der Waals surface area contributed by atoms with Crippen molar-refractivity contribution in [3.8, 4) is 5.75 Å². The van der Waals surface area contributed by atoms with Crippen LogP contribution in [-0.4, -0.2) is 59.8 Å². The Morgan fingerprint density at radius 1 is 0.949 bits per heavy atom. The van der Waals surface area contributed by atoms with Gasteiger partial charge in [0.05, 0.1) is 22.0 Å². The second-order valence-electron chi connectivity index (χ2n) is 9.09. The molecule has 0 radical (unpaired) electrons. The number of hydrogen-bond donors (Lipinski definition) is 1. The SMILES string of the molecule is Cc1cccc(N(CC(=O)NCCOc2ccc(S(=O)(=O)N3CCCC3)cc2)S(=O)(=O)c2ccc(Cl)cc2)c1. The van der Waals surface area contributed by atoms with Gasteiger partial charge in [-0.25, -0.2) is 16.8 Å². The lowest BCUT2D eigenvalue weighted by atomic mass is 10.2. The number of carbonyl (C=O) groups is 1. The number of nitrogens with zero attached hydrogens (tertiary/aromatic N) is 2. The van der Waals surface area contributed by atoms with Crippen LogP contribution in [0.2, 0.25) is 5.02 Å². The van der Waals surface area contributed by atoms with Crippen molar-refractivity contribution in [1.29, 1.82) is 0 Å². The van der Waals surface area contributed by atoms with Gasteiger partial charge in [0, 0.05) is 18.1 Å². The second-order valence-corrected chi connectivity index (χ2v) is 13.3. The lowest BCUT2D eigenvalue weighted by molar-refractivity contribution is -0.119. The molecule has 3 aromatic carbocycles. The summed E-state index contributed by atoms with van der Waals surface area (Å²) in [5.74, 6) is -0.0546. The van der Waals surface area contributed by atoms with Gasteiger partial charge in [0.15, 0.2) is 0 Å². The van der Waals surface area contributed by atoms with Crippen molar-refractivity contribution in [2.75, 3.05) is 37.1 Å². The van der Waals surface area contributed by atoms with E-state index in [4.69, 9.17) is 16.3 Å². The van der Waals surface area contributed by atoms with Crippen LogP contribution in [0, 0.1) is 6.92 Å². The summed E-state index contributed by atoms with van der Waals surface area (Å²) in [7, 11) is -7.55. The summed E-state index contributed by atoms with van der Waals surface area (Å²) in [5.41, 5.74) is 1.21. The molecule has 1 aliphatic heterocycles. The number of carbonyl (C=O) groups excluding carboxylic acids is 1. The number of anilines is 1. The van der Waals surface area contributed by atoms with Crippen molar-refractivity contribution in [2.45, 2.75) is 29.6 Å². The van der Waals surface area contributed by atoms with Crippen LogP contribution >= 0.6 is 11.6 Å². The number of benzene rings is 3. The molecule has 1 N–H and O–H groups in total. The third-order valence-electron chi connectivity index (χ3n) is 6.20. The van der Waals surface area contributed by atoms with Gasteiger partial charge in [0.1, 0.15) is 18.9 Å². The number of nitrogens with one attached hydrogen (secondary N) is 1. The highest BCUT2D eigenvalue weighted by atomic mass is 35.5. The van der Waals surface area contributed by atoms with E-state index in [2.05, 4.69) is 5.32 Å². The van der Waals surface area contributed by atoms with E-state index >= 15 is 0 Å². The van der Waals surface area contributed by atoms with Crippen molar-refractivity contribution >= 4 is 43.2 Å². The summed E-state index contributed by atoms with van der Waals surface area (Å²) in [6, 6.07) is 18.8. The number of sulfonamides is 2. The van der Waals surface area contributed by atoms with Crippen molar-refractivity contribution in [2.24, 2.45) is 0 Å². The Balaban J connectivity index is 1.36. The van der Waals surface area contributed by atoms with E-state index < -0.39 is 32.5 Å². The van der Waals surface area contributed by atoms with E-state index in [1.165, 1.54) is 40.7 Å². The Morgan fingerprint density at radius 2 is 1.59 bits per heavy atom. The van der Waals surface area contributed by atoms with E-state index in [1.807, 2.05) is 13.0 Å². The van der Waals surface area contributed by atoms with Crippen LogP contribution in [-0.2, 0) is 24.8 Å². The van der Waals surface area contributed by atoms with Gasteiger partial charge >= 0.3 is 0 Å². The molecule has 0 bridgehead atoms. The molecule has 0 atom stereocenters. The van der Waals surface area contributed by atoms with E-state index in [-0.39, 0.29) is 22.9 Å². The Bertz CT molecular complexity index is 1510. The van der Waals surface area contributed by atoms with Gasteiger partial charge in [0.25, 0.3) is 10.0 Å². The third-order valence-corrected chi connectivity index (χ3v) is 10.2. The highest BCUT2D eigenvalue weighted by Gasteiger charge is 2.28. The Hall–Kier alpha value is -3.12. The van der Waals surface area contributed by atoms with Gasteiger partial charge < -0.3 is 10.1 Å². The fourth-order valence-electron chi connectivity index (χ4n) is 4.16. The molecule has 0 spiro atoms. The average molecular weight is 592 g/mol. The first-order valence-electron chi connectivity index (χ1n) is 12.4. The van der Waals surface area contributed by atoms with Crippen LogP contribution < -0.4 is 14.4 Å². The molecule has 0 aliphatic carbocycles. The summed E-state index contributed by atoms with van der Waals surface area (Å²) in [4.78, 5) is 13.0. The molecule has 3 aromatic rings. The summed E-state index contributed by atoms with van der Waals surface area (Å²) in [6.45, 7) is 2.69. The summed E-state index contributed by atoms with van der Waals surface area (Å²) < 4.78 is 60.3. The largest absolute Gasteiger partial charge is 0.492 e. The van der Waals surface area contributed by atoms with Gasteiger partial charge in [-0.15, -0.1) is 0 Å². The maximum atomic E-state index is 13.4. The molecule has 0 saturated carbocycles. The quantitative estimate of drug-likeness (QED) is 0.339. The minimum absolute atomic E-state index is 0.0136. The summed E-state index contributed by atoms with van der Waals surface area (Å²) in [5, 5.41) is 3.08. The zero-order valence-corrected chi connectivity index (χ0v) is 23.8. The molecule has 39 heavy (non-hydrogen) atoms. The van der Waals surface area contributed by atoms with Crippen LogP contribution in [0.5, 0.6) is 5.75 Å². The summed E-state index contributed by atoms with van der Waals surface area (Å²) >= 11 is 5.92. The average Bonchev–Trinajstić information content (AvgIpc) is 3.46. The standard InChI is InChI=1S/C27H30ClN3O6S2/c1-21-5-4-6-23(19-21)31(39(35,36)26-11-7-22(28)8-12-26)20-27(32)29-15-18-37-24-9-13-25(14-10-24)38(33,34)30-16-2-3-17-30/h4-14,19H,2-3,15-18,20H2,1H3,(H,29,32). The third kappa shape index (κ3) is 7.10. The molecule has 0 aromatic heterocycles. The van der Waals surface area contributed by atoms with E-state index in [9.17, 15) is 21.6 Å². The summed E-state index contributed by atoms with van der Waals surface area (Å²) in [6.07, 6.45) is 1.73. The predicted octanol–water partition coefficient (Wildman–Crippen LogP) is 3.82. The molecule has 1 fully saturated rings. The van der Waals surface area contributed by atoms with Crippen molar-refractivity contribution in [3.05, 3.63) is 83.4 Å². The number of ether oxygens (including phenoxy) is 1. The molecule has 1 heterocycles. The molecule has 4 rings (SSSR count). The zero-order chi connectivity index (χ0) is 28.0. The van der Waals surface area contributed by atoms with Gasteiger partial charge in [-0.05, 0) is 86.0 Å². The molecule has 9 nitrogen and oxygen atoms in total. The van der Waals surface area contributed by atoms with Crippen LogP contribution in [0.1, 0.15) is 18.4 Å². The second kappa shape index (κ2) is 12.4. The van der Waals surface area contributed by atoms with Gasteiger partial charge in [-0.2, -0.15) is 4.31 Å². The van der Waals surface area contributed by atoms with Crippen LogP contribution in [0.15, 0.2) is 82.6 Å². The van der Waals surface area contributed by atoms with Crippen LogP contribution in [0.25, 0.3) is 0 Å². The first kappa shape index (κ1) is 28.9. The molecule has 1 saturated heterocycles. The van der Waals surface area contributed by atoms with E-state index in [0.29, 0.717) is 29.5 Å². The van der Waals surface area contributed by atoms with E-state index in [0.717, 1.165) is 22.7 Å². The number of amides is 1. The van der Waals surface area contributed by atoms with Crippen molar-refractivity contribution < 1.29 is 26.4 Å². The molecule has 208 valence electrons. The lowest BCUT2D eigenvalue weighted by Gasteiger charge is -2.24. The fourth-order valence-corrected chi connectivity index (χ4v) is 7.22. The first-order chi connectivity index (χ1) is 18.6. The molecule has 1 amide bonds. The molecule has 1 aliphatic rings.